The molecule has 2 aromatic carbocycles. The maximum atomic E-state index is 13.2. The second-order valence-corrected chi connectivity index (χ2v) is 11.4. The molecule has 178 valence electrons. The van der Waals surface area contributed by atoms with Gasteiger partial charge in [-0.3, -0.25) is 15.5 Å². The van der Waals surface area contributed by atoms with E-state index in [4.69, 9.17) is 0 Å². The second-order valence-electron chi connectivity index (χ2n) is 8.56. The van der Waals surface area contributed by atoms with Gasteiger partial charge in [-0.2, -0.15) is 9.41 Å². The van der Waals surface area contributed by atoms with Gasteiger partial charge in [-0.15, -0.1) is 11.3 Å². The SMILES string of the molecule is CC1CC(C)CN(S(=O)(=O)c2cccc(-c3csc(N/N=C/c4cccc([N+](=O)[O-])c4)n3)c2)C1. The van der Waals surface area contributed by atoms with Crippen LogP contribution in [0, 0.1) is 22.0 Å². The molecule has 1 saturated heterocycles. The molecule has 11 heteroatoms. The van der Waals surface area contributed by atoms with E-state index in [0.29, 0.717) is 46.9 Å². The van der Waals surface area contributed by atoms with Crippen molar-refractivity contribution in [2.45, 2.75) is 25.2 Å². The van der Waals surface area contributed by atoms with Crippen molar-refractivity contribution in [3.05, 3.63) is 69.6 Å². The molecule has 2 atom stereocenters. The van der Waals surface area contributed by atoms with E-state index in [9.17, 15) is 18.5 Å². The summed E-state index contributed by atoms with van der Waals surface area (Å²) in [6.45, 7) is 5.23. The Kier molecular flexibility index (Phi) is 7.05. The molecule has 34 heavy (non-hydrogen) atoms. The number of nitro benzene ring substituents is 1. The number of sulfonamides is 1. The van der Waals surface area contributed by atoms with Crippen LogP contribution in [-0.2, 0) is 10.0 Å². The molecule has 0 spiro atoms. The number of nitro groups is 1. The number of hydrogen-bond acceptors (Lipinski definition) is 8. The third-order valence-electron chi connectivity index (χ3n) is 5.56. The lowest BCUT2D eigenvalue weighted by molar-refractivity contribution is -0.384. The fraction of sp³-hybridized carbons (Fsp3) is 0.304. The lowest BCUT2D eigenvalue weighted by Gasteiger charge is -2.34. The number of rotatable bonds is 7. The summed E-state index contributed by atoms with van der Waals surface area (Å²) in [6, 6.07) is 13.0. The van der Waals surface area contributed by atoms with Crippen LogP contribution in [0.15, 0.2) is 63.9 Å². The summed E-state index contributed by atoms with van der Waals surface area (Å²) in [5, 5.41) is 17.3. The first-order valence-corrected chi connectivity index (χ1v) is 13.1. The Morgan fingerprint density at radius 3 is 2.65 bits per heavy atom. The van der Waals surface area contributed by atoms with E-state index >= 15 is 0 Å². The van der Waals surface area contributed by atoms with E-state index in [1.165, 1.54) is 29.7 Å². The Labute approximate surface area is 202 Å². The molecule has 1 aliphatic rings. The van der Waals surface area contributed by atoms with Gasteiger partial charge in [0.2, 0.25) is 15.2 Å². The summed E-state index contributed by atoms with van der Waals surface area (Å²) in [6.07, 6.45) is 2.51. The van der Waals surface area contributed by atoms with Gasteiger partial charge in [0.05, 0.1) is 21.7 Å². The zero-order valence-corrected chi connectivity index (χ0v) is 20.4. The molecule has 3 aromatic rings. The van der Waals surface area contributed by atoms with Crippen LogP contribution < -0.4 is 5.43 Å². The summed E-state index contributed by atoms with van der Waals surface area (Å²) < 4.78 is 28.1. The zero-order valence-electron chi connectivity index (χ0n) is 18.8. The number of non-ortho nitro benzene ring substituents is 1. The number of nitrogens with zero attached hydrogens (tertiary/aromatic N) is 4. The number of aromatic nitrogens is 1. The largest absolute Gasteiger partial charge is 0.270 e. The maximum Gasteiger partial charge on any atom is 0.270 e. The molecule has 2 unspecified atom stereocenters. The van der Waals surface area contributed by atoms with Crippen molar-refractivity contribution < 1.29 is 13.3 Å². The predicted molar refractivity (Wildman–Crippen MR) is 134 cm³/mol. The molecule has 1 N–H and O–H groups in total. The number of piperidine rings is 1. The van der Waals surface area contributed by atoms with Crippen molar-refractivity contribution in [2.75, 3.05) is 18.5 Å². The number of nitrogens with one attached hydrogen (secondary N) is 1. The van der Waals surface area contributed by atoms with Crippen molar-refractivity contribution in [1.29, 1.82) is 0 Å². The van der Waals surface area contributed by atoms with Gasteiger partial charge in [-0.1, -0.05) is 38.1 Å². The van der Waals surface area contributed by atoms with Crippen molar-refractivity contribution in [3.8, 4) is 11.3 Å². The quantitative estimate of drug-likeness (QED) is 0.283. The number of hydrogen-bond donors (Lipinski definition) is 1. The average Bonchev–Trinajstić information content (AvgIpc) is 3.28. The van der Waals surface area contributed by atoms with Crippen LogP contribution in [0.5, 0.6) is 0 Å². The van der Waals surface area contributed by atoms with Crippen LogP contribution in [0.4, 0.5) is 10.8 Å². The predicted octanol–water partition coefficient (Wildman–Crippen LogP) is 4.83. The minimum Gasteiger partial charge on any atom is -0.258 e. The Bertz CT molecular complexity index is 1310. The van der Waals surface area contributed by atoms with E-state index in [0.717, 1.165) is 6.42 Å². The molecule has 2 heterocycles. The van der Waals surface area contributed by atoms with Crippen molar-refractivity contribution >= 4 is 38.4 Å². The molecule has 1 aromatic heterocycles. The van der Waals surface area contributed by atoms with E-state index in [1.54, 1.807) is 34.6 Å². The van der Waals surface area contributed by atoms with Crippen LogP contribution in [0.1, 0.15) is 25.8 Å². The molecule has 0 saturated carbocycles. The monoisotopic (exact) mass is 499 g/mol. The Balaban J connectivity index is 1.48. The summed E-state index contributed by atoms with van der Waals surface area (Å²) in [4.78, 5) is 15.2. The van der Waals surface area contributed by atoms with Crippen LogP contribution >= 0.6 is 11.3 Å². The van der Waals surface area contributed by atoms with Gasteiger partial charge in [0.1, 0.15) is 0 Å². The van der Waals surface area contributed by atoms with Crippen LogP contribution in [0.2, 0.25) is 0 Å². The first-order chi connectivity index (χ1) is 16.2. The minimum absolute atomic E-state index is 0.0104. The number of anilines is 1. The maximum absolute atomic E-state index is 13.2. The standard InChI is InChI=1S/C23H25N5O4S2/c1-16-9-17(2)14-27(13-16)34(31,32)21-8-4-6-19(11-21)22-15-33-23(25-22)26-24-12-18-5-3-7-20(10-18)28(29)30/h3-8,10-12,15-17H,9,13-14H2,1-2H3,(H,25,26)/b24-12+. The fourth-order valence-corrected chi connectivity index (χ4v) is 6.50. The molecule has 0 radical (unpaired) electrons. The van der Waals surface area contributed by atoms with Crippen molar-refractivity contribution in [2.24, 2.45) is 16.9 Å². The molecule has 1 fully saturated rings. The first-order valence-electron chi connectivity index (χ1n) is 10.8. The van der Waals surface area contributed by atoms with Crippen molar-refractivity contribution in [1.82, 2.24) is 9.29 Å². The van der Waals surface area contributed by atoms with Crippen LogP contribution in [0.25, 0.3) is 11.3 Å². The Morgan fingerprint density at radius 1 is 1.18 bits per heavy atom. The number of benzene rings is 2. The van der Waals surface area contributed by atoms with E-state index < -0.39 is 14.9 Å². The summed E-state index contributed by atoms with van der Waals surface area (Å²) >= 11 is 1.33. The molecule has 4 rings (SSSR count). The summed E-state index contributed by atoms with van der Waals surface area (Å²) in [5.74, 6) is 0.660. The molecule has 0 aliphatic carbocycles. The summed E-state index contributed by atoms with van der Waals surface area (Å²) in [7, 11) is -3.58. The third-order valence-corrected chi connectivity index (χ3v) is 8.14. The highest BCUT2D eigenvalue weighted by Crippen LogP contribution is 2.30. The van der Waals surface area contributed by atoms with E-state index in [-0.39, 0.29) is 10.6 Å². The van der Waals surface area contributed by atoms with Gasteiger partial charge in [0.25, 0.3) is 5.69 Å². The fourth-order valence-electron chi connectivity index (χ4n) is 4.11. The van der Waals surface area contributed by atoms with Gasteiger partial charge in [-0.25, -0.2) is 13.4 Å². The normalized spacial score (nSPS) is 19.4. The topological polar surface area (TPSA) is 118 Å². The Hall–Kier alpha value is -3.15. The molecule has 9 nitrogen and oxygen atoms in total. The smallest absolute Gasteiger partial charge is 0.258 e. The van der Waals surface area contributed by atoms with Crippen molar-refractivity contribution in [3.63, 3.8) is 0 Å². The van der Waals surface area contributed by atoms with Crippen LogP contribution in [0.3, 0.4) is 0 Å². The van der Waals surface area contributed by atoms with Gasteiger partial charge >= 0.3 is 0 Å². The highest BCUT2D eigenvalue weighted by atomic mass is 32.2. The average molecular weight is 500 g/mol. The third kappa shape index (κ3) is 5.49. The lowest BCUT2D eigenvalue weighted by Crippen LogP contribution is -2.42. The molecule has 1 aliphatic heterocycles. The van der Waals surface area contributed by atoms with Gasteiger partial charge in [-0.05, 0) is 30.4 Å². The lowest BCUT2D eigenvalue weighted by atomic mass is 9.94. The van der Waals surface area contributed by atoms with Gasteiger partial charge < -0.3 is 0 Å². The number of thiazole rings is 1. The van der Waals surface area contributed by atoms with Crippen LogP contribution in [-0.4, -0.2) is 41.9 Å². The minimum atomic E-state index is -3.58. The number of hydrazone groups is 1. The zero-order chi connectivity index (χ0) is 24.3. The van der Waals surface area contributed by atoms with Gasteiger partial charge in [0.15, 0.2) is 0 Å². The molecule has 0 amide bonds. The molecular formula is C23H25N5O4S2. The summed E-state index contributed by atoms with van der Waals surface area (Å²) in [5.41, 5.74) is 4.72. The van der Waals surface area contributed by atoms with E-state index in [2.05, 4.69) is 29.4 Å². The first kappa shape index (κ1) is 24.0. The molecule has 0 bridgehead atoms. The molecular weight excluding hydrogens is 474 g/mol. The highest BCUT2D eigenvalue weighted by molar-refractivity contribution is 7.89. The Morgan fingerprint density at radius 2 is 1.91 bits per heavy atom. The highest BCUT2D eigenvalue weighted by Gasteiger charge is 2.31. The van der Waals surface area contributed by atoms with Gasteiger partial charge in [0, 0.05) is 41.7 Å². The van der Waals surface area contributed by atoms with E-state index in [1.807, 2.05) is 11.4 Å². The second kappa shape index (κ2) is 10.00.